The summed E-state index contributed by atoms with van der Waals surface area (Å²) in [5.74, 6) is -0.897. The number of hydrogen-bond acceptors (Lipinski definition) is 4. The van der Waals surface area contributed by atoms with Crippen molar-refractivity contribution in [3.63, 3.8) is 0 Å². The molecule has 1 N–H and O–H groups in total. The van der Waals surface area contributed by atoms with Gasteiger partial charge in [-0.1, -0.05) is 41.9 Å². The molecule has 0 aromatic heterocycles. The summed E-state index contributed by atoms with van der Waals surface area (Å²) in [4.78, 5) is 23.7. The molecule has 0 unspecified atom stereocenters. The van der Waals surface area contributed by atoms with Crippen molar-refractivity contribution in [1.29, 1.82) is 0 Å². The van der Waals surface area contributed by atoms with E-state index in [4.69, 9.17) is 21.1 Å². The number of amides is 1. The van der Waals surface area contributed by atoms with Crippen LogP contribution in [0.25, 0.3) is 6.08 Å². The van der Waals surface area contributed by atoms with Gasteiger partial charge in [-0.25, -0.2) is 4.79 Å². The van der Waals surface area contributed by atoms with Crippen molar-refractivity contribution < 1.29 is 32.2 Å². The average Bonchev–Trinajstić information content (AvgIpc) is 2.81. The Kier molecular flexibility index (Phi) is 8.32. The van der Waals surface area contributed by atoms with Crippen LogP contribution in [0.5, 0.6) is 5.75 Å². The summed E-state index contributed by atoms with van der Waals surface area (Å²) in [5.41, 5.74) is 0.717. The van der Waals surface area contributed by atoms with Gasteiger partial charge < -0.3 is 14.8 Å². The molecule has 0 radical (unpaired) electrons. The van der Waals surface area contributed by atoms with Crippen molar-refractivity contribution >= 4 is 35.2 Å². The smallest absolute Gasteiger partial charge is 0.416 e. The first kappa shape index (κ1) is 24.9. The van der Waals surface area contributed by atoms with E-state index < -0.39 is 30.2 Å². The molecular weight excluding hydrogens is 471 g/mol. The zero-order chi connectivity index (χ0) is 24.6. The predicted octanol–water partition coefficient (Wildman–Crippen LogP) is 6.13. The van der Waals surface area contributed by atoms with Crippen molar-refractivity contribution in [2.45, 2.75) is 12.8 Å². The quantitative estimate of drug-likeness (QED) is 0.305. The lowest BCUT2D eigenvalue weighted by Crippen LogP contribution is -2.20. The maximum Gasteiger partial charge on any atom is 0.416 e. The molecule has 176 valence electrons. The first-order chi connectivity index (χ1) is 16.2. The third-order valence-corrected chi connectivity index (χ3v) is 4.68. The molecule has 3 rings (SSSR count). The molecule has 1 amide bonds. The Morgan fingerprint density at radius 1 is 0.971 bits per heavy atom. The highest BCUT2D eigenvalue weighted by Crippen LogP contribution is 2.30. The van der Waals surface area contributed by atoms with E-state index in [0.717, 1.165) is 23.8 Å². The minimum absolute atomic E-state index is 0.0511. The molecule has 0 atom stereocenters. The second-order valence-electron chi connectivity index (χ2n) is 7.05. The van der Waals surface area contributed by atoms with Gasteiger partial charge >= 0.3 is 12.1 Å². The molecule has 0 aliphatic rings. The molecule has 3 aromatic carbocycles. The normalized spacial score (nSPS) is 11.3. The van der Waals surface area contributed by atoms with Crippen molar-refractivity contribution in [3.05, 3.63) is 101 Å². The van der Waals surface area contributed by atoms with Crippen molar-refractivity contribution in [2.24, 2.45) is 0 Å². The summed E-state index contributed by atoms with van der Waals surface area (Å²) < 4.78 is 48.7. The third-order valence-electron chi connectivity index (χ3n) is 4.43. The molecule has 9 heteroatoms. The van der Waals surface area contributed by atoms with Crippen LogP contribution in [0.4, 0.5) is 18.9 Å². The van der Waals surface area contributed by atoms with Gasteiger partial charge in [0.15, 0.2) is 6.61 Å². The summed E-state index contributed by atoms with van der Waals surface area (Å²) >= 11 is 5.85. The Morgan fingerprint density at radius 2 is 1.68 bits per heavy atom. The van der Waals surface area contributed by atoms with Crippen LogP contribution < -0.4 is 10.1 Å². The molecule has 0 saturated heterocycles. The van der Waals surface area contributed by atoms with Crippen LogP contribution in [0, 0.1) is 0 Å². The van der Waals surface area contributed by atoms with E-state index in [1.807, 2.05) is 12.1 Å². The summed E-state index contributed by atoms with van der Waals surface area (Å²) in [6, 6.07) is 18.4. The SMILES string of the molecule is O=C(COC(=O)C=Cc1ccc(OCc2ccc(Cl)cc2)cc1)Nc1cccc(C(F)(F)F)c1. The molecular formula is C25H19ClF3NO4. The minimum Gasteiger partial charge on any atom is -0.489 e. The molecule has 0 saturated carbocycles. The number of anilines is 1. The Bertz CT molecular complexity index is 1160. The number of benzene rings is 3. The summed E-state index contributed by atoms with van der Waals surface area (Å²) in [6.07, 6.45) is -1.89. The number of carbonyl (C=O) groups excluding carboxylic acids is 2. The van der Waals surface area contributed by atoms with Crippen molar-refractivity contribution in [2.75, 3.05) is 11.9 Å². The number of esters is 1. The zero-order valence-electron chi connectivity index (χ0n) is 17.6. The minimum atomic E-state index is -4.53. The van der Waals surface area contributed by atoms with Gasteiger partial charge in [-0.15, -0.1) is 0 Å². The van der Waals surface area contributed by atoms with Gasteiger partial charge in [0.2, 0.25) is 0 Å². The zero-order valence-corrected chi connectivity index (χ0v) is 18.4. The Hall–Kier alpha value is -3.78. The fourth-order valence-corrected chi connectivity index (χ4v) is 2.87. The maximum absolute atomic E-state index is 12.7. The highest BCUT2D eigenvalue weighted by molar-refractivity contribution is 6.30. The Labute approximate surface area is 198 Å². The van der Waals surface area contributed by atoms with Crippen LogP contribution in [0.1, 0.15) is 16.7 Å². The average molecular weight is 490 g/mol. The predicted molar refractivity (Wildman–Crippen MR) is 122 cm³/mol. The number of carbonyl (C=O) groups is 2. The van der Waals surface area contributed by atoms with E-state index in [0.29, 0.717) is 22.9 Å². The lowest BCUT2D eigenvalue weighted by Gasteiger charge is -2.09. The fraction of sp³-hybridized carbons (Fsp3) is 0.120. The number of alkyl halides is 3. The fourth-order valence-electron chi connectivity index (χ4n) is 2.74. The number of nitrogens with one attached hydrogen (secondary N) is 1. The topological polar surface area (TPSA) is 64.6 Å². The van der Waals surface area contributed by atoms with E-state index in [9.17, 15) is 22.8 Å². The first-order valence-electron chi connectivity index (χ1n) is 9.98. The monoisotopic (exact) mass is 489 g/mol. The molecule has 5 nitrogen and oxygen atoms in total. The van der Waals surface area contributed by atoms with Gasteiger partial charge in [0, 0.05) is 16.8 Å². The molecule has 0 fully saturated rings. The second-order valence-corrected chi connectivity index (χ2v) is 7.49. The Balaban J connectivity index is 1.43. The van der Waals surface area contributed by atoms with Crippen molar-refractivity contribution in [1.82, 2.24) is 0 Å². The molecule has 0 bridgehead atoms. The highest BCUT2D eigenvalue weighted by Gasteiger charge is 2.30. The van der Waals surface area contributed by atoms with Crippen LogP contribution in [-0.4, -0.2) is 18.5 Å². The van der Waals surface area contributed by atoms with Gasteiger partial charge in [-0.05, 0) is 59.7 Å². The Morgan fingerprint density at radius 3 is 2.35 bits per heavy atom. The largest absolute Gasteiger partial charge is 0.489 e. The summed E-state index contributed by atoms with van der Waals surface area (Å²) in [7, 11) is 0. The van der Waals surface area contributed by atoms with Gasteiger partial charge in [-0.3, -0.25) is 4.79 Å². The second kappa shape index (κ2) is 11.4. The van der Waals surface area contributed by atoms with Crippen LogP contribution in [0.2, 0.25) is 5.02 Å². The van der Waals surface area contributed by atoms with E-state index >= 15 is 0 Å². The standard InChI is InChI=1S/C25H19ClF3NO4/c26-20-9-4-18(5-10-20)15-33-22-11-6-17(7-12-22)8-13-24(32)34-16-23(31)30-21-3-1-2-19(14-21)25(27,28)29/h1-14H,15-16H2,(H,30,31). The first-order valence-corrected chi connectivity index (χ1v) is 10.4. The molecule has 3 aromatic rings. The van der Waals surface area contributed by atoms with E-state index in [1.54, 1.807) is 36.4 Å². The molecule has 34 heavy (non-hydrogen) atoms. The van der Waals surface area contributed by atoms with Crippen LogP contribution in [0.3, 0.4) is 0 Å². The van der Waals surface area contributed by atoms with Gasteiger partial charge in [0.05, 0.1) is 5.56 Å². The lowest BCUT2D eigenvalue weighted by atomic mass is 10.2. The van der Waals surface area contributed by atoms with Crippen LogP contribution in [-0.2, 0) is 27.1 Å². The van der Waals surface area contributed by atoms with Gasteiger partial charge in [0.25, 0.3) is 5.91 Å². The summed E-state index contributed by atoms with van der Waals surface area (Å²) in [6.45, 7) is -0.266. The van der Waals surface area contributed by atoms with E-state index in [-0.39, 0.29) is 5.69 Å². The molecule has 0 aliphatic heterocycles. The van der Waals surface area contributed by atoms with Crippen LogP contribution in [0.15, 0.2) is 78.9 Å². The summed E-state index contributed by atoms with van der Waals surface area (Å²) in [5, 5.41) is 2.90. The molecule has 0 aliphatic carbocycles. The third kappa shape index (κ3) is 7.97. The number of rotatable bonds is 8. The van der Waals surface area contributed by atoms with Crippen LogP contribution >= 0.6 is 11.6 Å². The van der Waals surface area contributed by atoms with Gasteiger partial charge in [0.1, 0.15) is 12.4 Å². The van der Waals surface area contributed by atoms with E-state index in [1.165, 1.54) is 18.2 Å². The van der Waals surface area contributed by atoms with Crippen molar-refractivity contribution in [3.8, 4) is 5.75 Å². The number of halogens is 4. The highest BCUT2D eigenvalue weighted by atomic mass is 35.5. The van der Waals surface area contributed by atoms with Gasteiger partial charge in [-0.2, -0.15) is 13.2 Å². The van der Waals surface area contributed by atoms with E-state index in [2.05, 4.69) is 5.32 Å². The number of hydrogen-bond donors (Lipinski definition) is 1. The number of ether oxygens (including phenoxy) is 2. The molecule has 0 heterocycles. The lowest BCUT2D eigenvalue weighted by molar-refractivity contribution is -0.142. The molecule has 0 spiro atoms. The maximum atomic E-state index is 12.7.